The highest BCUT2D eigenvalue weighted by atomic mass is 31.2. The number of hydrogen-bond acceptors (Lipinski definition) is 8. The summed E-state index contributed by atoms with van der Waals surface area (Å²) in [6.07, 6.45) is 18.0. The lowest BCUT2D eigenvalue weighted by Crippen LogP contribution is -2.37. The predicted molar refractivity (Wildman–Crippen MR) is 140 cm³/mol. The van der Waals surface area contributed by atoms with Gasteiger partial charge in [0.15, 0.2) is 6.10 Å². The fourth-order valence-electron chi connectivity index (χ4n) is 3.65. The molecule has 10 heteroatoms. The van der Waals surface area contributed by atoms with Crippen LogP contribution in [0.3, 0.4) is 0 Å². The monoisotopic (exact) mass is 539 g/mol. The Bertz CT molecular complexity index is 571. The van der Waals surface area contributed by atoms with E-state index < -0.39 is 26.5 Å². The van der Waals surface area contributed by atoms with Gasteiger partial charge in [0.25, 0.3) is 7.82 Å². The lowest BCUT2D eigenvalue weighted by molar-refractivity contribution is -0.870. The zero-order chi connectivity index (χ0) is 27.1. The van der Waals surface area contributed by atoms with E-state index in [4.69, 9.17) is 19.0 Å². The zero-order valence-electron chi connectivity index (χ0n) is 23.4. The van der Waals surface area contributed by atoms with Crippen molar-refractivity contribution in [1.82, 2.24) is 0 Å². The Hall–Kier alpha value is -0.540. The smallest absolute Gasteiger partial charge is 0.305 e. The Morgan fingerprint density at radius 3 is 1.72 bits per heavy atom. The van der Waals surface area contributed by atoms with Crippen LogP contribution in [0.2, 0.25) is 0 Å². The van der Waals surface area contributed by atoms with Crippen LogP contribution in [0.4, 0.5) is 0 Å². The number of nitrogens with zero attached hydrogens (tertiary/aromatic N) is 1. The number of ether oxygens (including phenoxy) is 1. The third-order valence-electron chi connectivity index (χ3n) is 5.99. The molecule has 0 aliphatic heterocycles. The van der Waals surface area contributed by atoms with Gasteiger partial charge in [-0.15, -0.1) is 0 Å². The molecule has 0 aliphatic rings. The number of esters is 1. The number of rotatable bonds is 26. The summed E-state index contributed by atoms with van der Waals surface area (Å²) >= 11 is 0. The normalized spacial score (nSPS) is 14.5. The van der Waals surface area contributed by atoms with Gasteiger partial charge in [-0.3, -0.25) is 14.6 Å². The molecule has 2 atom stereocenters. The van der Waals surface area contributed by atoms with Crippen LogP contribution in [-0.4, -0.2) is 69.3 Å². The molecule has 216 valence electrons. The summed E-state index contributed by atoms with van der Waals surface area (Å²) in [6, 6.07) is 0. The molecule has 0 aromatic heterocycles. The van der Waals surface area contributed by atoms with Gasteiger partial charge in [-0.05, 0) is 6.42 Å². The van der Waals surface area contributed by atoms with E-state index in [-0.39, 0.29) is 19.6 Å². The number of quaternary nitrogens is 1. The fourth-order valence-corrected chi connectivity index (χ4v) is 4.37. The van der Waals surface area contributed by atoms with Gasteiger partial charge in [0.1, 0.15) is 19.8 Å². The lowest BCUT2D eigenvalue weighted by atomic mass is 10.0. The zero-order valence-corrected chi connectivity index (χ0v) is 24.3. The van der Waals surface area contributed by atoms with Crippen LogP contribution < -0.4 is 4.89 Å². The lowest BCUT2D eigenvalue weighted by Gasteiger charge is -2.27. The predicted octanol–water partition coefficient (Wildman–Crippen LogP) is 5.86. The van der Waals surface area contributed by atoms with E-state index in [0.29, 0.717) is 11.0 Å². The van der Waals surface area contributed by atoms with Crippen molar-refractivity contribution in [3.05, 3.63) is 0 Å². The molecule has 0 rings (SSSR count). The third-order valence-corrected chi connectivity index (χ3v) is 6.96. The second-order valence-corrected chi connectivity index (χ2v) is 12.1. The molecule has 0 saturated carbocycles. The number of carbonyl (C=O) groups excluding carboxylic acids is 1. The Balaban J connectivity index is 3.65. The Kier molecular flexibility index (Phi) is 22.1. The maximum atomic E-state index is 11.9. The summed E-state index contributed by atoms with van der Waals surface area (Å²) < 4.78 is 26.9. The third kappa shape index (κ3) is 25.1. The van der Waals surface area contributed by atoms with E-state index in [0.717, 1.165) is 19.3 Å². The molecule has 0 saturated heterocycles. The number of hydrogen-bond donors (Lipinski definition) is 1. The Labute approximate surface area is 220 Å². The minimum absolute atomic E-state index is 0.0246. The van der Waals surface area contributed by atoms with E-state index in [1.54, 1.807) is 0 Å². The molecule has 0 aromatic carbocycles. The molecular formula is C26H54NO8P. The summed E-state index contributed by atoms with van der Waals surface area (Å²) in [4.78, 5) is 27.8. The van der Waals surface area contributed by atoms with E-state index in [9.17, 15) is 14.3 Å². The van der Waals surface area contributed by atoms with Crippen molar-refractivity contribution < 1.29 is 42.7 Å². The van der Waals surface area contributed by atoms with Gasteiger partial charge < -0.3 is 23.2 Å². The fraction of sp³-hybridized carbons (Fsp3) is 0.962. The minimum atomic E-state index is -4.53. The first-order valence-corrected chi connectivity index (χ1v) is 15.4. The van der Waals surface area contributed by atoms with Gasteiger partial charge in [-0.2, -0.15) is 0 Å². The molecule has 36 heavy (non-hydrogen) atoms. The molecule has 1 N–H and O–H groups in total. The summed E-state index contributed by atoms with van der Waals surface area (Å²) in [5.74, 6) is -0.406. The molecule has 0 aliphatic carbocycles. The summed E-state index contributed by atoms with van der Waals surface area (Å²) in [7, 11) is 1.19. The molecule has 0 spiro atoms. The minimum Gasteiger partial charge on any atom is -0.756 e. The van der Waals surface area contributed by atoms with Crippen molar-refractivity contribution in [2.24, 2.45) is 0 Å². The largest absolute Gasteiger partial charge is 0.756 e. The molecule has 0 radical (unpaired) electrons. The van der Waals surface area contributed by atoms with E-state index >= 15 is 0 Å². The standard InChI is InChI=1S/C26H54NO8P/c1-5-6-7-8-9-10-11-12-13-14-15-16-17-18-19-20-26(28)32-23-25(35-29)24-34-36(30,31)33-22-21-27(2,3)4/h25H,5-24H2,1-4H3,(H-,29,30,31). The first-order chi connectivity index (χ1) is 17.1. The van der Waals surface area contributed by atoms with Gasteiger partial charge in [0, 0.05) is 6.42 Å². The van der Waals surface area contributed by atoms with Crippen LogP contribution in [0.5, 0.6) is 0 Å². The molecule has 0 fully saturated rings. The number of unbranched alkanes of at least 4 members (excludes halogenated alkanes) is 14. The quantitative estimate of drug-likeness (QED) is 0.0363. The molecule has 9 nitrogen and oxygen atoms in total. The van der Waals surface area contributed by atoms with Crippen LogP contribution in [0.1, 0.15) is 110 Å². The maximum absolute atomic E-state index is 11.9. The van der Waals surface area contributed by atoms with Gasteiger partial charge in [-0.1, -0.05) is 96.8 Å². The summed E-state index contributed by atoms with van der Waals surface area (Å²) in [5.41, 5.74) is 0. The topological polar surface area (TPSA) is 114 Å². The molecule has 0 aromatic rings. The second kappa shape index (κ2) is 22.4. The van der Waals surface area contributed by atoms with Gasteiger partial charge in [0.05, 0.1) is 27.7 Å². The average Bonchev–Trinajstić information content (AvgIpc) is 2.80. The van der Waals surface area contributed by atoms with Gasteiger partial charge in [-0.25, -0.2) is 4.89 Å². The van der Waals surface area contributed by atoms with Crippen LogP contribution >= 0.6 is 7.82 Å². The maximum Gasteiger partial charge on any atom is 0.305 e. The number of phosphoric ester groups is 1. The van der Waals surface area contributed by atoms with Crippen LogP contribution in [-0.2, 0) is 28.0 Å². The Morgan fingerprint density at radius 1 is 0.806 bits per heavy atom. The highest BCUT2D eigenvalue weighted by molar-refractivity contribution is 7.45. The van der Waals surface area contributed by atoms with Gasteiger partial charge in [0.2, 0.25) is 0 Å². The molecule has 0 bridgehead atoms. The van der Waals surface area contributed by atoms with Crippen molar-refractivity contribution in [1.29, 1.82) is 0 Å². The molecule has 0 heterocycles. The molecule has 0 amide bonds. The van der Waals surface area contributed by atoms with E-state index in [2.05, 4.69) is 11.8 Å². The summed E-state index contributed by atoms with van der Waals surface area (Å²) in [6.45, 7) is 1.90. The van der Waals surface area contributed by atoms with Gasteiger partial charge >= 0.3 is 5.97 Å². The van der Waals surface area contributed by atoms with Crippen LogP contribution in [0.25, 0.3) is 0 Å². The Morgan fingerprint density at radius 2 is 1.28 bits per heavy atom. The summed E-state index contributed by atoms with van der Waals surface area (Å²) in [5, 5.41) is 8.93. The van der Waals surface area contributed by atoms with Crippen LogP contribution in [0, 0.1) is 0 Å². The first-order valence-electron chi connectivity index (χ1n) is 14.0. The SMILES string of the molecule is CCCCCCCCCCCCCCCCCC(=O)OCC(COP(=O)([O-])OCC[N+](C)(C)C)OO. The number of likely N-dealkylation sites (N-methyl/N-ethyl adjacent to an activating group) is 1. The average molecular weight is 540 g/mol. The van der Waals surface area contributed by atoms with Crippen molar-refractivity contribution >= 4 is 13.8 Å². The van der Waals surface area contributed by atoms with Crippen molar-refractivity contribution in [2.45, 2.75) is 116 Å². The highest BCUT2D eigenvalue weighted by Gasteiger charge is 2.19. The molecular weight excluding hydrogens is 485 g/mol. The van der Waals surface area contributed by atoms with Crippen LogP contribution in [0.15, 0.2) is 0 Å². The first kappa shape index (κ1) is 35.5. The van der Waals surface area contributed by atoms with E-state index in [1.807, 2.05) is 21.1 Å². The second-order valence-electron chi connectivity index (χ2n) is 10.7. The number of phosphoric acid groups is 1. The van der Waals surface area contributed by atoms with Crippen molar-refractivity contribution in [3.63, 3.8) is 0 Å². The molecule has 2 unspecified atom stereocenters. The van der Waals surface area contributed by atoms with Crippen molar-refractivity contribution in [3.8, 4) is 0 Å². The number of carbonyl (C=O) groups is 1. The van der Waals surface area contributed by atoms with E-state index in [1.165, 1.54) is 77.0 Å². The highest BCUT2D eigenvalue weighted by Crippen LogP contribution is 2.38. The van der Waals surface area contributed by atoms with Crippen molar-refractivity contribution in [2.75, 3.05) is 47.5 Å².